The van der Waals surface area contributed by atoms with Gasteiger partial charge < -0.3 is 0 Å². The van der Waals surface area contributed by atoms with E-state index in [2.05, 4.69) is 218 Å². The summed E-state index contributed by atoms with van der Waals surface area (Å²) in [6.07, 6.45) is 0. The minimum Gasteiger partial charge on any atom is -0.208 e. The van der Waals surface area contributed by atoms with Gasteiger partial charge >= 0.3 is 0 Å². The van der Waals surface area contributed by atoms with E-state index < -0.39 is 5.41 Å². The van der Waals surface area contributed by atoms with Gasteiger partial charge in [-0.25, -0.2) is 15.0 Å². The van der Waals surface area contributed by atoms with Crippen molar-refractivity contribution < 1.29 is 0 Å². The maximum atomic E-state index is 5.26. The largest absolute Gasteiger partial charge is 0.208 e. The Labute approximate surface area is 364 Å². The molecule has 9 aromatic carbocycles. The van der Waals surface area contributed by atoms with E-state index in [4.69, 9.17) is 15.0 Å². The van der Waals surface area contributed by atoms with Crippen LogP contribution in [-0.4, -0.2) is 15.0 Å². The zero-order valence-corrected chi connectivity index (χ0v) is 34.4. The third-order valence-electron chi connectivity index (χ3n) is 12.4. The van der Waals surface area contributed by atoms with E-state index in [0.717, 1.165) is 33.4 Å². The maximum Gasteiger partial charge on any atom is 0.164 e. The smallest absolute Gasteiger partial charge is 0.164 e. The first kappa shape index (κ1) is 36.1. The van der Waals surface area contributed by atoms with Crippen molar-refractivity contribution in [3.63, 3.8) is 0 Å². The second kappa shape index (κ2) is 14.7. The molecular formula is C58H37N3S. The minimum absolute atomic E-state index is 0.483. The molecule has 0 saturated carbocycles. The number of benzene rings is 9. The number of thiophene rings is 1. The maximum absolute atomic E-state index is 5.26. The van der Waals surface area contributed by atoms with Crippen molar-refractivity contribution in [2.24, 2.45) is 0 Å². The third-order valence-corrected chi connectivity index (χ3v) is 13.6. The number of nitrogens with zero attached hydrogens (tertiary/aromatic N) is 3. The molecule has 62 heavy (non-hydrogen) atoms. The molecule has 2 heterocycles. The van der Waals surface area contributed by atoms with Gasteiger partial charge in [0.15, 0.2) is 17.5 Å². The van der Waals surface area contributed by atoms with Gasteiger partial charge in [-0.2, -0.15) is 0 Å². The Morgan fingerprint density at radius 1 is 0.290 bits per heavy atom. The zero-order valence-electron chi connectivity index (χ0n) is 33.6. The summed E-state index contributed by atoms with van der Waals surface area (Å²) in [5, 5.41) is 2.61. The first-order valence-corrected chi connectivity index (χ1v) is 21.8. The van der Waals surface area contributed by atoms with Crippen molar-refractivity contribution in [3.8, 4) is 67.5 Å². The molecule has 0 amide bonds. The van der Waals surface area contributed by atoms with Crippen LogP contribution in [0, 0.1) is 0 Å². The summed E-state index contributed by atoms with van der Waals surface area (Å²) >= 11 is 1.84. The second-order valence-electron chi connectivity index (χ2n) is 15.9. The molecule has 0 N–H and O–H groups in total. The molecule has 0 saturated heterocycles. The van der Waals surface area contributed by atoms with Crippen LogP contribution in [0.5, 0.6) is 0 Å². The van der Waals surface area contributed by atoms with Crippen LogP contribution < -0.4 is 0 Å². The first-order valence-electron chi connectivity index (χ1n) is 21.0. The van der Waals surface area contributed by atoms with Crippen LogP contribution in [0.4, 0.5) is 0 Å². The zero-order chi connectivity index (χ0) is 41.0. The van der Waals surface area contributed by atoms with Crippen LogP contribution in [-0.2, 0) is 5.41 Å². The number of hydrogen-bond acceptors (Lipinski definition) is 4. The minimum atomic E-state index is -0.483. The fraction of sp³-hybridized carbons (Fsp3) is 0.0172. The van der Waals surface area contributed by atoms with E-state index in [-0.39, 0.29) is 0 Å². The number of fused-ring (bicyclic) bond motifs is 6. The Morgan fingerprint density at radius 3 is 1.52 bits per heavy atom. The van der Waals surface area contributed by atoms with Crippen LogP contribution in [0.3, 0.4) is 0 Å². The average molecular weight is 808 g/mol. The molecular weight excluding hydrogens is 771 g/mol. The highest BCUT2D eigenvalue weighted by Crippen LogP contribution is 2.56. The molecule has 0 unspecified atom stereocenters. The molecule has 0 spiro atoms. The lowest BCUT2D eigenvalue weighted by molar-refractivity contribution is 0.768. The van der Waals surface area contributed by atoms with Gasteiger partial charge in [0.2, 0.25) is 0 Å². The summed E-state index contributed by atoms with van der Waals surface area (Å²) < 4.78 is 2.60. The van der Waals surface area contributed by atoms with E-state index in [1.165, 1.54) is 59.1 Å². The molecule has 12 rings (SSSR count). The lowest BCUT2D eigenvalue weighted by Crippen LogP contribution is -2.28. The van der Waals surface area contributed by atoms with Crippen LogP contribution in [0.25, 0.3) is 87.7 Å². The fourth-order valence-electron chi connectivity index (χ4n) is 9.54. The van der Waals surface area contributed by atoms with Crippen molar-refractivity contribution in [2.75, 3.05) is 0 Å². The number of rotatable bonds is 7. The van der Waals surface area contributed by atoms with Gasteiger partial charge in [0.05, 0.1) is 5.41 Å². The Balaban J connectivity index is 1.01. The van der Waals surface area contributed by atoms with Gasteiger partial charge in [-0.3, -0.25) is 0 Å². The van der Waals surface area contributed by atoms with Gasteiger partial charge in [0.1, 0.15) is 0 Å². The van der Waals surface area contributed by atoms with Gasteiger partial charge in [-0.15, -0.1) is 11.3 Å². The van der Waals surface area contributed by atoms with Gasteiger partial charge in [-0.05, 0) is 79.9 Å². The Kier molecular flexibility index (Phi) is 8.58. The predicted octanol–water partition coefficient (Wildman–Crippen LogP) is 14.9. The van der Waals surface area contributed by atoms with E-state index in [1.807, 2.05) is 17.4 Å². The second-order valence-corrected chi connectivity index (χ2v) is 17.0. The third kappa shape index (κ3) is 5.91. The molecule has 0 fully saturated rings. The van der Waals surface area contributed by atoms with Crippen molar-refractivity contribution in [1.29, 1.82) is 0 Å². The normalized spacial score (nSPS) is 12.6. The van der Waals surface area contributed by atoms with Crippen molar-refractivity contribution >= 4 is 31.5 Å². The predicted molar refractivity (Wildman–Crippen MR) is 257 cm³/mol. The van der Waals surface area contributed by atoms with Crippen molar-refractivity contribution in [3.05, 3.63) is 247 Å². The van der Waals surface area contributed by atoms with Crippen LogP contribution >= 0.6 is 11.3 Å². The average Bonchev–Trinajstić information content (AvgIpc) is 3.88. The Morgan fingerprint density at radius 2 is 0.774 bits per heavy atom. The van der Waals surface area contributed by atoms with Gasteiger partial charge in [-0.1, -0.05) is 200 Å². The van der Waals surface area contributed by atoms with E-state index >= 15 is 0 Å². The molecule has 4 heteroatoms. The molecule has 0 radical (unpaired) electrons. The van der Waals surface area contributed by atoms with Crippen LogP contribution in [0.1, 0.15) is 22.3 Å². The highest BCUT2D eigenvalue weighted by atomic mass is 32.1. The van der Waals surface area contributed by atoms with Crippen molar-refractivity contribution in [1.82, 2.24) is 15.0 Å². The number of hydrogen-bond donors (Lipinski definition) is 0. The van der Waals surface area contributed by atoms with Crippen LogP contribution in [0.2, 0.25) is 0 Å². The standard InChI is InChI=1S/C58H37N3S/c1-4-15-38(16-5-1)41-17-14-18-43(35-41)56-59-55(40-29-27-39(28-30-40)42-31-33-49-48-24-11-13-26-53(48)62-54(49)37-42)60-57(61-56)44-32-34-52-50(36-44)47-23-10-12-25-51(47)58(52,45-19-6-2-7-20-45)46-21-8-3-9-22-46/h1-37H. The Hall–Kier alpha value is -7.79. The van der Waals surface area contributed by atoms with Crippen LogP contribution in [0.15, 0.2) is 224 Å². The lowest BCUT2D eigenvalue weighted by Gasteiger charge is -2.33. The highest BCUT2D eigenvalue weighted by Gasteiger charge is 2.46. The summed E-state index contributed by atoms with van der Waals surface area (Å²) in [6.45, 7) is 0. The molecule has 0 aliphatic heterocycles. The summed E-state index contributed by atoms with van der Waals surface area (Å²) in [5.41, 5.74) is 14.3. The molecule has 290 valence electrons. The van der Waals surface area contributed by atoms with Gasteiger partial charge in [0.25, 0.3) is 0 Å². The molecule has 1 aliphatic rings. The fourth-order valence-corrected chi connectivity index (χ4v) is 10.7. The van der Waals surface area contributed by atoms with E-state index in [1.54, 1.807) is 0 Å². The summed E-state index contributed by atoms with van der Waals surface area (Å²) in [7, 11) is 0. The molecule has 0 bridgehead atoms. The van der Waals surface area contributed by atoms with E-state index in [9.17, 15) is 0 Å². The summed E-state index contributed by atoms with van der Waals surface area (Å²) in [4.78, 5) is 15.7. The Bertz CT molecular complexity index is 3410. The van der Waals surface area contributed by atoms with Gasteiger partial charge in [0, 0.05) is 36.9 Å². The highest BCUT2D eigenvalue weighted by molar-refractivity contribution is 7.25. The molecule has 3 nitrogen and oxygen atoms in total. The SMILES string of the molecule is c1ccc(-c2cccc(-c3nc(-c4ccc(-c5ccc6c(c5)sc5ccccc56)cc4)nc(-c4ccc5c(c4)-c4ccccc4C5(c4ccccc4)c4ccccc4)n3)c2)cc1. The summed E-state index contributed by atoms with van der Waals surface area (Å²) in [6, 6.07) is 80.5. The van der Waals surface area contributed by atoms with Crippen molar-refractivity contribution in [2.45, 2.75) is 5.41 Å². The first-order chi connectivity index (χ1) is 30.7. The molecule has 11 aromatic rings. The molecule has 0 atom stereocenters. The molecule has 1 aliphatic carbocycles. The topological polar surface area (TPSA) is 38.7 Å². The van der Waals surface area contributed by atoms with E-state index in [0.29, 0.717) is 17.5 Å². The quantitative estimate of drug-likeness (QED) is 0.161. The lowest BCUT2D eigenvalue weighted by atomic mass is 9.67. The monoisotopic (exact) mass is 807 g/mol. The molecule has 2 aromatic heterocycles. The summed E-state index contributed by atoms with van der Waals surface area (Å²) in [5.74, 6) is 1.89. The number of aromatic nitrogens is 3.